The molecule has 0 radical (unpaired) electrons. The molecule has 26 heavy (non-hydrogen) atoms. The first-order chi connectivity index (χ1) is 12.2. The van der Waals surface area contributed by atoms with Gasteiger partial charge in [-0.05, 0) is 13.8 Å². The number of halogens is 3. The molecule has 0 bridgehead atoms. The third-order valence-corrected chi connectivity index (χ3v) is 3.75. The van der Waals surface area contributed by atoms with Crippen LogP contribution >= 0.6 is 11.6 Å². The second-order valence-electron chi connectivity index (χ2n) is 5.38. The number of carbonyl (C=O) groups is 1. The summed E-state index contributed by atoms with van der Waals surface area (Å²) in [6, 6.07) is 2.56. The number of benzene rings is 1. The van der Waals surface area contributed by atoms with Crippen molar-refractivity contribution in [2.75, 3.05) is 11.9 Å². The molecule has 1 aromatic carbocycles. The van der Waals surface area contributed by atoms with Gasteiger partial charge in [-0.15, -0.1) is 0 Å². The predicted octanol–water partition coefficient (Wildman–Crippen LogP) is 3.60. The van der Waals surface area contributed by atoms with Crippen LogP contribution in [0.25, 0.3) is 0 Å². The molecule has 1 amide bonds. The van der Waals surface area contributed by atoms with Crippen molar-refractivity contribution in [3.05, 3.63) is 45.2 Å². The number of aryl methyl sites for hydroxylation is 1. The van der Waals surface area contributed by atoms with Crippen LogP contribution in [0.5, 0.6) is 5.75 Å². The number of alkyl halides is 2. The molecule has 0 aliphatic heterocycles. The molecule has 0 aliphatic rings. The molecule has 140 valence electrons. The SMILES string of the molecule is Cc1nn(C(C)C(=O)Nc2cc(OCC(F)F)cc([N+](=O)[O-])c2)cc1Cl. The van der Waals surface area contributed by atoms with Crippen LogP contribution in [-0.2, 0) is 4.79 Å². The van der Waals surface area contributed by atoms with E-state index in [1.165, 1.54) is 16.9 Å². The minimum atomic E-state index is -2.74. The lowest BCUT2D eigenvalue weighted by Gasteiger charge is -2.13. The Labute approximate surface area is 151 Å². The number of rotatable bonds is 7. The van der Waals surface area contributed by atoms with E-state index in [2.05, 4.69) is 10.4 Å². The van der Waals surface area contributed by atoms with E-state index in [1.807, 2.05) is 0 Å². The summed E-state index contributed by atoms with van der Waals surface area (Å²) in [4.78, 5) is 22.6. The molecule has 0 aliphatic carbocycles. The maximum absolute atomic E-state index is 12.3. The number of nitro benzene ring substituents is 1. The number of anilines is 1. The van der Waals surface area contributed by atoms with Crippen LogP contribution in [0.15, 0.2) is 24.4 Å². The number of nitrogens with zero attached hydrogens (tertiary/aromatic N) is 3. The zero-order valence-corrected chi connectivity index (χ0v) is 14.5. The summed E-state index contributed by atoms with van der Waals surface area (Å²) in [5.74, 6) is -0.676. The van der Waals surface area contributed by atoms with Crippen LogP contribution in [0.3, 0.4) is 0 Å². The Bertz CT molecular complexity index is 808. The lowest BCUT2D eigenvalue weighted by molar-refractivity contribution is -0.384. The molecule has 0 fully saturated rings. The summed E-state index contributed by atoms with van der Waals surface area (Å²) in [5, 5.41) is 17.9. The van der Waals surface area contributed by atoms with Crippen molar-refractivity contribution in [1.29, 1.82) is 0 Å². The number of nitrogens with one attached hydrogen (secondary N) is 1. The van der Waals surface area contributed by atoms with E-state index in [1.54, 1.807) is 13.8 Å². The molecule has 1 N–H and O–H groups in total. The molecule has 8 nitrogen and oxygen atoms in total. The Balaban J connectivity index is 2.20. The maximum Gasteiger partial charge on any atom is 0.275 e. The van der Waals surface area contributed by atoms with Gasteiger partial charge in [-0.25, -0.2) is 8.78 Å². The highest BCUT2D eigenvalue weighted by atomic mass is 35.5. The molecule has 1 atom stereocenters. The minimum absolute atomic E-state index is 0.0373. The van der Waals surface area contributed by atoms with Gasteiger partial charge in [-0.3, -0.25) is 19.6 Å². The monoisotopic (exact) mass is 388 g/mol. The molecule has 0 spiro atoms. The molecule has 2 aromatic rings. The van der Waals surface area contributed by atoms with Crippen LogP contribution in [0.1, 0.15) is 18.7 Å². The van der Waals surface area contributed by atoms with Crippen molar-refractivity contribution in [3.8, 4) is 5.75 Å². The molecule has 0 saturated carbocycles. The molecule has 2 rings (SSSR count). The summed E-state index contributed by atoms with van der Waals surface area (Å²) >= 11 is 5.91. The normalized spacial score (nSPS) is 12.1. The van der Waals surface area contributed by atoms with E-state index in [0.717, 1.165) is 12.1 Å². The van der Waals surface area contributed by atoms with Gasteiger partial charge in [0.25, 0.3) is 12.1 Å². The first-order valence-corrected chi connectivity index (χ1v) is 7.77. The van der Waals surface area contributed by atoms with Crippen molar-refractivity contribution in [3.63, 3.8) is 0 Å². The second kappa shape index (κ2) is 8.09. The van der Waals surface area contributed by atoms with Gasteiger partial charge >= 0.3 is 0 Å². The van der Waals surface area contributed by atoms with Gasteiger partial charge in [0.1, 0.15) is 18.4 Å². The number of aromatic nitrogens is 2. The zero-order valence-electron chi connectivity index (χ0n) is 13.8. The Morgan fingerprint density at radius 1 is 1.46 bits per heavy atom. The van der Waals surface area contributed by atoms with E-state index < -0.39 is 35.6 Å². The Morgan fingerprint density at radius 3 is 2.69 bits per heavy atom. The largest absolute Gasteiger partial charge is 0.487 e. The summed E-state index contributed by atoms with van der Waals surface area (Å²) in [6.45, 7) is 2.32. The lowest BCUT2D eigenvalue weighted by atomic mass is 10.2. The zero-order chi connectivity index (χ0) is 19.4. The quantitative estimate of drug-likeness (QED) is 0.577. The first kappa shape index (κ1) is 19.6. The number of amides is 1. The second-order valence-corrected chi connectivity index (χ2v) is 5.79. The van der Waals surface area contributed by atoms with Gasteiger partial charge in [0.15, 0.2) is 0 Å². The number of hydrogen-bond acceptors (Lipinski definition) is 5. The van der Waals surface area contributed by atoms with E-state index in [-0.39, 0.29) is 11.4 Å². The molecule has 1 aromatic heterocycles. The Morgan fingerprint density at radius 2 is 2.15 bits per heavy atom. The Kier molecular flexibility index (Phi) is 6.09. The fraction of sp³-hybridized carbons (Fsp3) is 0.333. The van der Waals surface area contributed by atoms with E-state index in [4.69, 9.17) is 16.3 Å². The van der Waals surface area contributed by atoms with Crippen molar-refractivity contribution < 1.29 is 23.2 Å². The number of carbonyl (C=O) groups excluding carboxylic acids is 1. The number of hydrogen-bond donors (Lipinski definition) is 1. The molecule has 1 heterocycles. The van der Waals surface area contributed by atoms with Gasteiger partial charge in [-0.1, -0.05) is 11.6 Å². The molecular weight excluding hydrogens is 374 g/mol. The van der Waals surface area contributed by atoms with Crippen molar-refractivity contribution in [1.82, 2.24) is 9.78 Å². The highest BCUT2D eigenvalue weighted by Gasteiger charge is 2.19. The standard InChI is InChI=1S/C15H15ClF2N4O4/c1-8-13(16)6-21(20-8)9(2)15(23)19-10-3-11(22(24)25)5-12(4-10)26-7-14(17)18/h3-6,9,14H,7H2,1-2H3,(H,19,23). The number of non-ortho nitro benzene ring substituents is 1. The van der Waals surface area contributed by atoms with Crippen molar-refractivity contribution in [2.24, 2.45) is 0 Å². The van der Waals surface area contributed by atoms with E-state index >= 15 is 0 Å². The van der Waals surface area contributed by atoms with E-state index in [9.17, 15) is 23.7 Å². The van der Waals surface area contributed by atoms with Crippen LogP contribution < -0.4 is 10.1 Å². The third-order valence-electron chi connectivity index (χ3n) is 3.38. The number of nitro groups is 1. The molecule has 1 unspecified atom stereocenters. The highest BCUT2D eigenvalue weighted by Crippen LogP contribution is 2.27. The van der Waals surface area contributed by atoms with Crippen LogP contribution in [0.2, 0.25) is 5.02 Å². The third kappa shape index (κ3) is 4.88. The smallest absolute Gasteiger partial charge is 0.275 e. The topological polar surface area (TPSA) is 99.3 Å². The average Bonchev–Trinajstić information content (AvgIpc) is 2.91. The molecule has 11 heteroatoms. The van der Waals surface area contributed by atoms with Gasteiger partial charge in [0.2, 0.25) is 5.91 Å². The van der Waals surface area contributed by atoms with Gasteiger partial charge < -0.3 is 10.1 Å². The highest BCUT2D eigenvalue weighted by molar-refractivity contribution is 6.31. The molecule has 0 saturated heterocycles. The minimum Gasteiger partial charge on any atom is -0.487 e. The maximum atomic E-state index is 12.3. The van der Waals surface area contributed by atoms with Gasteiger partial charge in [-0.2, -0.15) is 5.10 Å². The first-order valence-electron chi connectivity index (χ1n) is 7.40. The van der Waals surface area contributed by atoms with Crippen LogP contribution in [0, 0.1) is 17.0 Å². The summed E-state index contributed by atoms with van der Waals surface area (Å²) in [6.07, 6.45) is -1.26. The fourth-order valence-electron chi connectivity index (χ4n) is 2.03. The van der Waals surface area contributed by atoms with Gasteiger partial charge in [0, 0.05) is 18.3 Å². The molecular formula is C15H15ClF2N4O4. The summed E-state index contributed by atoms with van der Waals surface area (Å²) < 4.78 is 30.7. The number of ether oxygens (including phenoxy) is 1. The van der Waals surface area contributed by atoms with Crippen LogP contribution in [0.4, 0.5) is 20.2 Å². The summed E-state index contributed by atoms with van der Waals surface area (Å²) in [7, 11) is 0. The van der Waals surface area contributed by atoms with Crippen LogP contribution in [-0.4, -0.2) is 33.6 Å². The van der Waals surface area contributed by atoms with E-state index in [0.29, 0.717) is 10.7 Å². The van der Waals surface area contributed by atoms with Crippen molar-refractivity contribution in [2.45, 2.75) is 26.3 Å². The average molecular weight is 389 g/mol. The fourth-order valence-corrected chi connectivity index (χ4v) is 2.17. The van der Waals surface area contributed by atoms with Gasteiger partial charge in [0.05, 0.1) is 27.4 Å². The lowest BCUT2D eigenvalue weighted by Crippen LogP contribution is -2.24. The predicted molar refractivity (Wildman–Crippen MR) is 89.9 cm³/mol. The Hall–Kier alpha value is -2.75. The van der Waals surface area contributed by atoms with Crippen molar-refractivity contribution >= 4 is 28.9 Å². The summed E-state index contributed by atoms with van der Waals surface area (Å²) in [5.41, 5.74) is 0.178.